The molecule has 92 valence electrons. The molecule has 0 unspecified atom stereocenters. The van der Waals surface area contributed by atoms with Crippen LogP contribution in [-0.2, 0) is 0 Å². The van der Waals surface area contributed by atoms with Crippen LogP contribution in [0.2, 0.25) is 0 Å². The summed E-state index contributed by atoms with van der Waals surface area (Å²) in [6.07, 6.45) is 0. The number of halogens is 1. The maximum atomic E-state index is 5.36. The highest BCUT2D eigenvalue weighted by atomic mass is 127. The molecule has 0 aromatic heterocycles. The number of hydroxylamine groups is 1. The van der Waals surface area contributed by atoms with Crippen LogP contribution in [0, 0.1) is 0 Å². The predicted molar refractivity (Wildman–Crippen MR) is 79.7 cm³/mol. The van der Waals surface area contributed by atoms with Gasteiger partial charge >= 0.3 is 0 Å². The molecule has 1 N–H and O–H groups in total. The highest BCUT2D eigenvalue weighted by Crippen LogP contribution is 2.20. The molecule has 16 heavy (non-hydrogen) atoms. The van der Waals surface area contributed by atoms with Gasteiger partial charge in [-0.15, -0.1) is 24.0 Å². The Kier molecular flexibility index (Phi) is 8.37. The number of nitrogens with one attached hydrogen (secondary N) is 1. The summed E-state index contributed by atoms with van der Waals surface area (Å²) in [6.45, 7) is 9.15. The summed E-state index contributed by atoms with van der Waals surface area (Å²) in [4.78, 5) is 7.65. The molecule has 0 aliphatic carbocycles. The van der Waals surface area contributed by atoms with Gasteiger partial charge in [-0.05, 0) is 32.9 Å². The second kappa shape index (κ2) is 8.64. The number of hydrogen-bond donors (Lipinski definition) is 1. The van der Waals surface area contributed by atoms with E-state index < -0.39 is 0 Å². The molecule has 1 aromatic carbocycles. The van der Waals surface area contributed by atoms with Crippen molar-refractivity contribution in [2.75, 3.05) is 24.5 Å². The Hall–Kier alpha value is -0.490. The van der Waals surface area contributed by atoms with Crippen molar-refractivity contribution in [2.45, 2.75) is 20.8 Å². The molecule has 4 heteroatoms. The molecule has 0 radical (unpaired) electrons. The summed E-state index contributed by atoms with van der Waals surface area (Å²) in [6, 6.07) is 8.12. The Morgan fingerprint density at radius 1 is 1.19 bits per heavy atom. The molecule has 0 spiro atoms. The third-order valence-corrected chi connectivity index (χ3v) is 2.28. The summed E-state index contributed by atoms with van der Waals surface area (Å²) in [5.74, 6) is 0.862. The number of hydrogen-bond acceptors (Lipinski definition) is 3. The fourth-order valence-electron chi connectivity index (χ4n) is 1.49. The van der Waals surface area contributed by atoms with Crippen molar-refractivity contribution in [3.63, 3.8) is 0 Å². The largest absolute Gasteiger partial charge is 0.409 e. The van der Waals surface area contributed by atoms with Crippen LogP contribution in [0.25, 0.3) is 0 Å². The van der Waals surface area contributed by atoms with E-state index in [0.29, 0.717) is 0 Å². The fraction of sp³-hybridized carbons (Fsp3) is 0.500. The highest BCUT2D eigenvalue weighted by Gasteiger charge is 2.02. The van der Waals surface area contributed by atoms with E-state index in [1.54, 1.807) is 0 Å². The second-order valence-corrected chi connectivity index (χ2v) is 3.27. The zero-order valence-corrected chi connectivity index (χ0v) is 12.5. The lowest BCUT2D eigenvalue weighted by Crippen LogP contribution is -2.22. The number of benzene rings is 1. The normalized spacial score (nSPS) is 9.44. The molecule has 0 saturated heterocycles. The van der Waals surface area contributed by atoms with Gasteiger partial charge in [-0.25, -0.2) is 0 Å². The minimum atomic E-state index is 0. The Morgan fingerprint density at radius 2 is 1.88 bits per heavy atom. The third-order valence-electron chi connectivity index (χ3n) is 2.28. The first kappa shape index (κ1) is 15.5. The molecular formula is C12H21IN2O. The molecule has 0 aliphatic rings. The van der Waals surface area contributed by atoms with Crippen molar-refractivity contribution in [3.05, 3.63) is 24.3 Å². The molecule has 0 saturated carbocycles. The average Bonchev–Trinajstić information content (AvgIpc) is 2.29. The van der Waals surface area contributed by atoms with Crippen LogP contribution in [0.15, 0.2) is 24.3 Å². The van der Waals surface area contributed by atoms with Crippen LogP contribution in [0.5, 0.6) is 5.75 Å². The van der Waals surface area contributed by atoms with Crippen molar-refractivity contribution < 1.29 is 4.84 Å². The molecule has 1 rings (SSSR count). The first-order valence-electron chi connectivity index (χ1n) is 5.56. The zero-order chi connectivity index (χ0) is 11.1. The lowest BCUT2D eigenvalue weighted by molar-refractivity contribution is 0.202. The number of anilines is 1. The Labute approximate surface area is 115 Å². The van der Waals surface area contributed by atoms with E-state index in [9.17, 15) is 0 Å². The van der Waals surface area contributed by atoms with Crippen molar-refractivity contribution >= 4 is 29.7 Å². The van der Waals surface area contributed by atoms with E-state index in [0.717, 1.165) is 25.4 Å². The topological polar surface area (TPSA) is 24.5 Å². The highest BCUT2D eigenvalue weighted by molar-refractivity contribution is 14.0. The number of nitrogens with zero attached hydrogens (tertiary/aromatic N) is 1. The van der Waals surface area contributed by atoms with Gasteiger partial charge in [-0.1, -0.05) is 6.07 Å². The molecule has 0 heterocycles. The van der Waals surface area contributed by atoms with Crippen LogP contribution in [-0.4, -0.2) is 19.6 Å². The van der Waals surface area contributed by atoms with E-state index in [4.69, 9.17) is 4.84 Å². The van der Waals surface area contributed by atoms with Crippen LogP contribution in [0.1, 0.15) is 20.8 Å². The smallest absolute Gasteiger partial charge is 0.149 e. The molecule has 0 fully saturated rings. The van der Waals surface area contributed by atoms with E-state index >= 15 is 0 Å². The lowest BCUT2D eigenvalue weighted by Gasteiger charge is -2.21. The summed E-state index contributed by atoms with van der Waals surface area (Å²) in [5.41, 5.74) is 4.05. The molecular weight excluding hydrogens is 315 g/mol. The van der Waals surface area contributed by atoms with E-state index in [1.807, 2.05) is 19.1 Å². The van der Waals surface area contributed by atoms with Gasteiger partial charge in [0.1, 0.15) is 5.75 Å². The van der Waals surface area contributed by atoms with Gasteiger partial charge in [-0.2, -0.15) is 5.48 Å². The van der Waals surface area contributed by atoms with E-state index in [2.05, 4.69) is 36.4 Å². The monoisotopic (exact) mass is 336 g/mol. The third kappa shape index (κ3) is 4.57. The van der Waals surface area contributed by atoms with Crippen LogP contribution in [0.4, 0.5) is 5.69 Å². The van der Waals surface area contributed by atoms with E-state index in [-0.39, 0.29) is 24.0 Å². The van der Waals surface area contributed by atoms with Gasteiger partial charge in [0.05, 0.1) is 0 Å². The van der Waals surface area contributed by atoms with Crippen LogP contribution in [0.3, 0.4) is 0 Å². The molecule has 1 aromatic rings. The lowest BCUT2D eigenvalue weighted by atomic mass is 10.2. The Morgan fingerprint density at radius 3 is 2.44 bits per heavy atom. The summed E-state index contributed by atoms with van der Waals surface area (Å²) in [7, 11) is 0. The fourth-order valence-corrected chi connectivity index (χ4v) is 1.49. The van der Waals surface area contributed by atoms with Gasteiger partial charge in [0.2, 0.25) is 0 Å². The molecule has 0 aliphatic heterocycles. The van der Waals surface area contributed by atoms with Gasteiger partial charge in [-0.3, -0.25) is 0 Å². The van der Waals surface area contributed by atoms with Crippen LogP contribution >= 0.6 is 24.0 Å². The summed E-state index contributed by atoms with van der Waals surface area (Å²) < 4.78 is 0. The minimum absolute atomic E-state index is 0. The van der Waals surface area contributed by atoms with Gasteiger partial charge < -0.3 is 9.74 Å². The van der Waals surface area contributed by atoms with Gasteiger partial charge in [0, 0.05) is 31.4 Å². The SMILES string of the molecule is CCNOc1cccc(N(CC)CC)c1.I. The maximum absolute atomic E-state index is 5.36. The number of rotatable bonds is 6. The van der Waals surface area contributed by atoms with Crippen molar-refractivity contribution in [1.29, 1.82) is 0 Å². The van der Waals surface area contributed by atoms with Crippen molar-refractivity contribution in [3.8, 4) is 5.75 Å². The van der Waals surface area contributed by atoms with Crippen LogP contribution < -0.4 is 15.2 Å². The van der Waals surface area contributed by atoms with E-state index in [1.165, 1.54) is 5.69 Å². The van der Waals surface area contributed by atoms with Gasteiger partial charge in [0.15, 0.2) is 0 Å². The average molecular weight is 336 g/mol. The molecule has 0 atom stereocenters. The standard InChI is InChI=1S/C12H20N2O.HI/c1-4-13-15-12-9-7-8-11(10-12)14(5-2)6-3;/h7-10,13H,4-6H2,1-3H3;1H. The quantitative estimate of drug-likeness (QED) is 0.638. The summed E-state index contributed by atoms with van der Waals surface area (Å²) >= 11 is 0. The molecule has 0 amide bonds. The minimum Gasteiger partial charge on any atom is -0.409 e. The van der Waals surface area contributed by atoms with Crippen molar-refractivity contribution in [2.24, 2.45) is 0 Å². The molecule has 0 bridgehead atoms. The zero-order valence-electron chi connectivity index (χ0n) is 10.2. The maximum Gasteiger partial charge on any atom is 0.149 e. The Bertz CT molecular complexity index is 290. The van der Waals surface area contributed by atoms with Gasteiger partial charge in [0.25, 0.3) is 0 Å². The van der Waals surface area contributed by atoms with Crippen molar-refractivity contribution in [1.82, 2.24) is 5.48 Å². The Balaban J connectivity index is 0.00000225. The summed E-state index contributed by atoms with van der Waals surface area (Å²) in [5, 5.41) is 0. The predicted octanol–water partition coefficient (Wildman–Crippen LogP) is 3.05. The second-order valence-electron chi connectivity index (χ2n) is 3.27. The first-order valence-corrected chi connectivity index (χ1v) is 5.56. The molecule has 3 nitrogen and oxygen atoms in total. The first-order chi connectivity index (χ1) is 7.31.